The van der Waals surface area contributed by atoms with Crippen LogP contribution in [0.25, 0.3) is 0 Å². The highest BCUT2D eigenvalue weighted by atomic mass is 79.9. The maximum Gasteiger partial charge on any atom is 0.106 e. The van der Waals surface area contributed by atoms with Crippen molar-refractivity contribution in [1.82, 2.24) is 0 Å². The second-order valence-corrected chi connectivity index (χ2v) is 6.16. The highest BCUT2D eigenvalue weighted by molar-refractivity contribution is 9.10. The first kappa shape index (κ1) is 13.8. The minimum Gasteiger partial charge on any atom is -0.389 e. The summed E-state index contributed by atoms with van der Waals surface area (Å²) < 4.78 is 1.03. The molecule has 1 aliphatic carbocycles. The number of halogens is 1. The van der Waals surface area contributed by atoms with Crippen LogP contribution >= 0.6 is 28.1 Å². The fourth-order valence-corrected chi connectivity index (χ4v) is 2.70. The van der Waals surface area contributed by atoms with Gasteiger partial charge in [0.1, 0.15) is 4.99 Å². The molecule has 1 aromatic carbocycles. The molecular formula is C14H19BrN2S. The molecule has 0 atom stereocenters. The Labute approximate surface area is 123 Å². The number of thiocarbonyl (C=S) groups is 1. The molecule has 0 aromatic heterocycles. The van der Waals surface area contributed by atoms with Gasteiger partial charge in [0, 0.05) is 28.3 Å². The zero-order chi connectivity index (χ0) is 13.1. The van der Waals surface area contributed by atoms with Crippen LogP contribution in [0.2, 0.25) is 0 Å². The third-order valence-corrected chi connectivity index (χ3v) is 3.99. The van der Waals surface area contributed by atoms with Gasteiger partial charge in [-0.15, -0.1) is 0 Å². The van der Waals surface area contributed by atoms with Crippen LogP contribution in [-0.2, 0) is 0 Å². The molecule has 0 heterocycles. The normalized spacial score (nSPS) is 14.6. The predicted octanol–water partition coefficient (Wildman–Crippen LogP) is 3.85. The number of unbranched alkanes of at least 4 members (excludes halogenated alkanes) is 1. The van der Waals surface area contributed by atoms with Crippen LogP contribution < -0.4 is 10.6 Å². The summed E-state index contributed by atoms with van der Waals surface area (Å²) in [4.78, 5) is 2.96. The second kappa shape index (κ2) is 6.02. The lowest BCUT2D eigenvalue weighted by molar-refractivity contribution is 0.712. The van der Waals surface area contributed by atoms with Gasteiger partial charge in [-0.2, -0.15) is 0 Å². The third kappa shape index (κ3) is 3.23. The summed E-state index contributed by atoms with van der Waals surface area (Å²) in [5, 5.41) is 0. The van der Waals surface area contributed by atoms with Crippen molar-refractivity contribution < 1.29 is 0 Å². The molecule has 0 unspecified atom stereocenters. The molecule has 1 aliphatic rings. The van der Waals surface area contributed by atoms with E-state index in [1.165, 1.54) is 31.4 Å². The van der Waals surface area contributed by atoms with E-state index in [4.69, 9.17) is 18.0 Å². The van der Waals surface area contributed by atoms with Crippen molar-refractivity contribution in [3.63, 3.8) is 0 Å². The second-order valence-electron chi connectivity index (χ2n) is 4.80. The first-order valence-corrected chi connectivity index (χ1v) is 7.69. The van der Waals surface area contributed by atoms with Crippen molar-refractivity contribution in [3.8, 4) is 0 Å². The molecule has 18 heavy (non-hydrogen) atoms. The van der Waals surface area contributed by atoms with E-state index in [9.17, 15) is 0 Å². The standard InChI is InChI=1S/C14H19BrN2S/c1-2-3-8-17(11-5-6-11)13-7-4-10(15)9-12(13)14(16)18/h4,7,9,11H,2-3,5-6,8H2,1H3,(H2,16,18). The smallest absolute Gasteiger partial charge is 0.106 e. The van der Waals surface area contributed by atoms with E-state index in [0.717, 1.165) is 16.6 Å². The summed E-state index contributed by atoms with van der Waals surface area (Å²) in [6, 6.07) is 6.91. The quantitative estimate of drug-likeness (QED) is 0.805. The van der Waals surface area contributed by atoms with Crippen molar-refractivity contribution in [1.29, 1.82) is 0 Å². The summed E-state index contributed by atoms with van der Waals surface area (Å²) in [5.74, 6) is 0. The van der Waals surface area contributed by atoms with Crippen molar-refractivity contribution in [2.75, 3.05) is 11.4 Å². The number of benzene rings is 1. The summed E-state index contributed by atoms with van der Waals surface area (Å²) in [5.41, 5.74) is 8.04. The minimum atomic E-state index is 0.480. The lowest BCUT2D eigenvalue weighted by Crippen LogP contribution is -2.29. The average Bonchev–Trinajstić information content (AvgIpc) is 3.15. The van der Waals surface area contributed by atoms with E-state index in [1.807, 2.05) is 6.07 Å². The van der Waals surface area contributed by atoms with Gasteiger partial charge in [0.2, 0.25) is 0 Å². The molecule has 2 nitrogen and oxygen atoms in total. The van der Waals surface area contributed by atoms with Gasteiger partial charge in [-0.1, -0.05) is 41.5 Å². The molecule has 1 aromatic rings. The van der Waals surface area contributed by atoms with Crippen molar-refractivity contribution >= 4 is 38.8 Å². The Hall–Kier alpha value is -0.610. The van der Waals surface area contributed by atoms with Crippen LogP contribution in [-0.4, -0.2) is 17.6 Å². The van der Waals surface area contributed by atoms with E-state index in [2.05, 4.69) is 39.9 Å². The van der Waals surface area contributed by atoms with E-state index in [0.29, 0.717) is 11.0 Å². The van der Waals surface area contributed by atoms with Gasteiger partial charge in [0.25, 0.3) is 0 Å². The Morgan fingerprint density at radius 1 is 1.50 bits per heavy atom. The lowest BCUT2D eigenvalue weighted by atomic mass is 10.1. The van der Waals surface area contributed by atoms with Crippen LogP contribution in [0.4, 0.5) is 5.69 Å². The molecule has 1 saturated carbocycles. The summed E-state index contributed by atoms with van der Waals surface area (Å²) >= 11 is 8.66. The van der Waals surface area contributed by atoms with Gasteiger partial charge in [0.05, 0.1) is 0 Å². The zero-order valence-corrected chi connectivity index (χ0v) is 13.1. The van der Waals surface area contributed by atoms with Gasteiger partial charge >= 0.3 is 0 Å². The molecule has 0 spiro atoms. The van der Waals surface area contributed by atoms with Gasteiger partial charge in [0.15, 0.2) is 0 Å². The van der Waals surface area contributed by atoms with Crippen LogP contribution in [0.1, 0.15) is 38.2 Å². The Morgan fingerprint density at radius 2 is 2.22 bits per heavy atom. The first-order valence-electron chi connectivity index (χ1n) is 6.49. The van der Waals surface area contributed by atoms with Gasteiger partial charge in [-0.05, 0) is 37.5 Å². The number of anilines is 1. The highest BCUT2D eigenvalue weighted by Crippen LogP contribution is 2.35. The van der Waals surface area contributed by atoms with E-state index >= 15 is 0 Å². The van der Waals surface area contributed by atoms with E-state index in [-0.39, 0.29) is 0 Å². The maximum absolute atomic E-state index is 5.85. The van der Waals surface area contributed by atoms with Gasteiger partial charge < -0.3 is 10.6 Å². The number of nitrogens with two attached hydrogens (primary N) is 1. The number of nitrogens with zero attached hydrogens (tertiary/aromatic N) is 1. The van der Waals surface area contributed by atoms with E-state index in [1.54, 1.807) is 0 Å². The number of hydrogen-bond donors (Lipinski definition) is 1. The summed E-state index contributed by atoms with van der Waals surface area (Å²) in [7, 11) is 0. The summed E-state index contributed by atoms with van der Waals surface area (Å²) in [6.07, 6.45) is 5.00. The molecule has 2 N–H and O–H groups in total. The van der Waals surface area contributed by atoms with Gasteiger partial charge in [-0.3, -0.25) is 0 Å². The molecule has 98 valence electrons. The topological polar surface area (TPSA) is 29.3 Å². The fraction of sp³-hybridized carbons (Fsp3) is 0.500. The molecule has 1 fully saturated rings. The third-order valence-electron chi connectivity index (χ3n) is 3.27. The monoisotopic (exact) mass is 326 g/mol. The SMILES string of the molecule is CCCCN(c1ccc(Br)cc1C(N)=S)C1CC1. The summed E-state index contributed by atoms with van der Waals surface area (Å²) in [6.45, 7) is 3.32. The van der Waals surface area contributed by atoms with Gasteiger partial charge in [-0.25, -0.2) is 0 Å². The van der Waals surface area contributed by atoms with Crippen LogP contribution in [0.3, 0.4) is 0 Å². The molecular weight excluding hydrogens is 308 g/mol. The number of rotatable bonds is 6. The Morgan fingerprint density at radius 3 is 2.78 bits per heavy atom. The molecule has 0 bridgehead atoms. The Balaban J connectivity index is 2.30. The number of hydrogen-bond acceptors (Lipinski definition) is 2. The molecule has 2 rings (SSSR count). The average molecular weight is 327 g/mol. The fourth-order valence-electron chi connectivity index (χ4n) is 2.17. The molecule has 0 aliphatic heterocycles. The predicted molar refractivity (Wildman–Crippen MR) is 85.3 cm³/mol. The molecule has 0 radical (unpaired) electrons. The highest BCUT2D eigenvalue weighted by Gasteiger charge is 2.30. The zero-order valence-electron chi connectivity index (χ0n) is 10.7. The molecule has 0 saturated heterocycles. The van der Waals surface area contributed by atoms with Crippen LogP contribution in [0.15, 0.2) is 22.7 Å². The first-order chi connectivity index (χ1) is 8.63. The molecule has 4 heteroatoms. The van der Waals surface area contributed by atoms with Crippen molar-refractivity contribution in [2.45, 2.75) is 38.6 Å². The van der Waals surface area contributed by atoms with Crippen molar-refractivity contribution in [2.24, 2.45) is 5.73 Å². The lowest BCUT2D eigenvalue weighted by Gasteiger charge is -2.27. The largest absolute Gasteiger partial charge is 0.389 e. The van der Waals surface area contributed by atoms with Crippen LogP contribution in [0, 0.1) is 0 Å². The Kier molecular flexibility index (Phi) is 4.62. The Bertz CT molecular complexity index is 443. The van der Waals surface area contributed by atoms with E-state index < -0.39 is 0 Å². The molecule has 0 amide bonds. The minimum absolute atomic E-state index is 0.480. The van der Waals surface area contributed by atoms with Crippen molar-refractivity contribution in [3.05, 3.63) is 28.2 Å². The maximum atomic E-state index is 5.85. The van der Waals surface area contributed by atoms with Crippen LogP contribution in [0.5, 0.6) is 0 Å².